The standard InChI is InChI=1S/C18H22F2N4O4/c1-3-26-13-6-4-5-11(15(13)28-17(19)20)9-23-18(22-2)24-10-12-7-8-14(27-12)16(21)25/h4-8,17H,3,9-10H2,1-2H3,(H2,21,25)(H2,22,23,24). The van der Waals surface area contributed by atoms with Crippen LogP contribution in [-0.2, 0) is 13.1 Å². The van der Waals surface area contributed by atoms with Crippen molar-refractivity contribution >= 4 is 11.9 Å². The third kappa shape index (κ3) is 5.86. The lowest BCUT2D eigenvalue weighted by Crippen LogP contribution is -2.36. The smallest absolute Gasteiger partial charge is 0.387 e. The summed E-state index contributed by atoms with van der Waals surface area (Å²) in [7, 11) is 1.56. The van der Waals surface area contributed by atoms with Crippen LogP contribution in [0.5, 0.6) is 11.5 Å². The number of nitrogens with zero attached hydrogens (tertiary/aromatic N) is 1. The third-order valence-electron chi connectivity index (χ3n) is 3.57. The first-order valence-corrected chi connectivity index (χ1v) is 8.47. The third-order valence-corrected chi connectivity index (χ3v) is 3.57. The van der Waals surface area contributed by atoms with Gasteiger partial charge in [0.05, 0.1) is 13.2 Å². The number of benzene rings is 1. The van der Waals surface area contributed by atoms with Gasteiger partial charge in [-0.25, -0.2) is 0 Å². The minimum Gasteiger partial charge on any atom is -0.490 e. The number of nitrogens with one attached hydrogen (secondary N) is 2. The molecule has 152 valence electrons. The lowest BCUT2D eigenvalue weighted by atomic mass is 10.2. The average Bonchev–Trinajstić information content (AvgIpc) is 3.13. The second kappa shape index (κ2) is 10.1. The number of alkyl halides is 2. The van der Waals surface area contributed by atoms with E-state index in [0.29, 0.717) is 23.9 Å². The van der Waals surface area contributed by atoms with Crippen molar-refractivity contribution in [3.8, 4) is 11.5 Å². The number of nitrogens with two attached hydrogens (primary N) is 1. The summed E-state index contributed by atoms with van der Waals surface area (Å²) in [5.41, 5.74) is 5.61. The second-order valence-electron chi connectivity index (χ2n) is 5.47. The van der Waals surface area contributed by atoms with Crippen molar-refractivity contribution in [2.75, 3.05) is 13.7 Å². The molecular weight excluding hydrogens is 374 g/mol. The fourth-order valence-corrected chi connectivity index (χ4v) is 2.37. The summed E-state index contributed by atoms with van der Waals surface area (Å²) in [6.45, 7) is -0.507. The largest absolute Gasteiger partial charge is 0.490 e. The highest BCUT2D eigenvalue weighted by molar-refractivity contribution is 5.89. The van der Waals surface area contributed by atoms with Gasteiger partial charge in [0.2, 0.25) is 0 Å². The molecule has 0 aliphatic heterocycles. The number of aliphatic imine (C=N–C) groups is 1. The molecular formula is C18H22F2N4O4. The maximum absolute atomic E-state index is 12.8. The van der Waals surface area contributed by atoms with Gasteiger partial charge < -0.3 is 30.3 Å². The number of guanidine groups is 1. The number of amides is 1. The number of para-hydroxylation sites is 1. The number of carbonyl (C=O) groups is 1. The van der Waals surface area contributed by atoms with E-state index in [-0.39, 0.29) is 30.3 Å². The first-order valence-electron chi connectivity index (χ1n) is 8.47. The Bertz CT molecular complexity index is 824. The van der Waals surface area contributed by atoms with Crippen LogP contribution in [0.15, 0.2) is 39.7 Å². The second-order valence-corrected chi connectivity index (χ2v) is 5.47. The first-order chi connectivity index (χ1) is 13.4. The zero-order valence-corrected chi connectivity index (χ0v) is 15.5. The number of primary amides is 1. The fourth-order valence-electron chi connectivity index (χ4n) is 2.37. The number of ether oxygens (including phenoxy) is 2. The molecule has 0 radical (unpaired) electrons. The number of furan rings is 1. The van der Waals surface area contributed by atoms with E-state index in [1.165, 1.54) is 6.07 Å². The highest BCUT2D eigenvalue weighted by atomic mass is 19.3. The number of rotatable bonds is 9. The van der Waals surface area contributed by atoms with Crippen molar-refractivity contribution in [3.05, 3.63) is 47.4 Å². The van der Waals surface area contributed by atoms with Gasteiger partial charge in [-0.1, -0.05) is 12.1 Å². The van der Waals surface area contributed by atoms with E-state index >= 15 is 0 Å². The Labute approximate surface area is 160 Å². The van der Waals surface area contributed by atoms with Gasteiger partial charge in [0.1, 0.15) is 5.76 Å². The van der Waals surface area contributed by atoms with Crippen molar-refractivity contribution < 1.29 is 27.5 Å². The van der Waals surface area contributed by atoms with Crippen LogP contribution in [0.1, 0.15) is 28.8 Å². The van der Waals surface area contributed by atoms with Gasteiger partial charge in [-0.05, 0) is 25.1 Å². The molecule has 1 amide bonds. The Morgan fingerprint density at radius 2 is 2.00 bits per heavy atom. The molecule has 1 aromatic heterocycles. The van der Waals surface area contributed by atoms with E-state index in [1.807, 2.05) is 0 Å². The quantitative estimate of drug-likeness (QED) is 0.443. The number of carbonyl (C=O) groups excluding carboxylic acids is 1. The molecule has 0 aliphatic carbocycles. The van der Waals surface area contributed by atoms with E-state index in [2.05, 4.69) is 20.4 Å². The molecule has 0 fully saturated rings. The van der Waals surface area contributed by atoms with Crippen molar-refractivity contribution in [2.24, 2.45) is 10.7 Å². The Balaban J connectivity index is 2.02. The van der Waals surface area contributed by atoms with E-state index in [0.717, 1.165) is 0 Å². The van der Waals surface area contributed by atoms with Gasteiger partial charge in [-0.2, -0.15) is 8.78 Å². The monoisotopic (exact) mass is 396 g/mol. The van der Waals surface area contributed by atoms with Crippen LogP contribution in [0, 0.1) is 0 Å². The molecule has 10 heteroatoms. The molecule has 0 aliphatic rings. The normalized spacial score (nSPS) is 11.4. The maximum atomic E-state index is 12.8. The predicted octanol–water partition coefficient (Wildman–Crippen LogP) is 2.24. The first kappa shape index (κ1) is 21.0. The molecule has 2 rings (SSSR count). The van der Waals surface area contributed by atoms with Crippen LogP contribution in [0.3, 0.4) is 0 Å². The van der Waals surface area contributed by atoms with Crippen LogP contribution in [0.2, 0.25) is 0 Å². The Morgan fingerprint density at radius 1 is 1.25 bits per heavy atom. The fraction of sp³-hybridized carbons (Fsp3) is 0.333. The van der Waals surface area contributed by atoms with Crippen LogP contribution in [-0.4, -0.2) is 32.1 Å². The summed E-state index contributed by atoms with van der Waals surface area (Å²) in [5.74, 6) is 0.480. The zero-order chi connectivity index (χ0) is 20.5. The molecule has 2 aromatic rings. The van der Waals surface area contributed by atoms with Gasteiger partial charge in [-0.15, -0.1) is 0 Å². The molecule has 0 atom stereocenters. The summed E-state index contributed by atoms with van der Waals surface area (Å²) in [6, 6.07) is 7.98. The molecule has 28 heavy (non-hydrogen) atoms. The van der Waals surface area contributed by atoms with Gasteiger partial charge in [-0.3, -0.25) is 9.79 Å². The molecule has 0 unspecified atom stereocenters. The van der Waals surface area contributed by atoms with E-state index in [1.54, 1.807) is 38.2 Å². The van der Waals surface area contributed by atoms with Gasteiger partial charge in [0.25, 0.3) is 5.91 Å². The van der Waals surface area contributed by atoms with Gasteiger partial charge in [0.15, 0.2) is 23.2 Å². The van der Waals surface area contributed by atoms with E-state index in [9.17, 15) is 13.6 Å². The minimum absolute atomic E-state index is 0.0283. The van der Waals surface area contributed by atoms with Gasteiger partial charge >= 0.3 is 6.61 Å². The van der Waals surface area contributed by atoms with Gasteiger partial charge in [0, 0.05) is 19.2 Å². The van der Waals surface area contributed by atoms with Crippen molar-refractivity contribution in [2.45, 2.75) is 26.6 Å². The topological polar surface area (TPSA) is 111 Å². The van der Waals surface area contributed by atoms with Crippen LogP contribution in [0.4, 0.5) is 8.78 Å². The minimum atomic E-state index is -2.98. The molecule has 8 nitrogen and oxygen atoms in total. The number of hydrogen-bond acceptors (Lipinski definition) is 5. The van der Waals surface area contributed by atoms with Crippen LogP contribution < -0.4 is 25.8 Å². The van der Waals surface area contributed by atoms with E-state index in [4.69, 9.17) is 14.9 Å². The molecule has 1 aromatic carbocycles. The lowest BCUT2D eigenvalue weighted by molar-refractivity contribution is -0.0520. The summed E-state index contributed by atoms with van der Waals surface area (Å²) in [5, 5.41) is 5.97. The lowest BCUT2D eigenvalue weighted by Gasteiger charge is -2.17. The molecule has 0 bridgehead atoms. The Morgan fingerprint density at radius 3 is 2.61 bits per heavy atom. The summed E-state index contributed by atoms with van der Waals surface area (Å²) >= 11 is 0. The Hall–Kier alpha value is -3.30. The highest BCUT2D eigenvalue weighted by Gasteiger charge is 2.16. The average molecular weight is 396 g/mol. The molecule has 1 heterocycles. The molecule has 0 saturated carbocycles. The maximum Gasteiger partial charge on any atom is 0.387 e. The summed E-state index contributed by atoms with van der Waals surface area (Å²) in [6.07, 6.45) is 0. The summed E-state index contributed by atoms with van der Waals surface area (Å²) < 4.78 is 40.8. The highest BCUT2D eigenvalue weighted by Crippen LogP contribution is 2.32. The SMILES string of the molecule is CCOc1cccc(CNC(=NC)NCc2ccc(C(N)=O)o2)c1OC(F)F. The van der Waals surface area contributed by atoms with Crippen LogP contribution in [0.25, 0.3) is 0 Å². The predicted molar refractivity (Wildman–Crippen MR) is 98.5 cm³/mol. The van der Waals surface area contributed by atoms with Crippen LogP contribution >= 0.6 is 0 Å². The van der Waals surface area contributed by atoms with Crippen molar-refractivity contribution in [1.82, 2.24) is 10.6 Å². The number of halogens is 2. The zero-order valence-electron chi connectivity index (χ0n) is 15.5. The molecule has 0 saturated heterocycles. The van der Waals surface area contributed by atoms with E-state index < -0.39 is 12.5 Å². The van der Waals surface area contributed by atoms with Crippen molar-refractivity contribution in [3.63, 3.8) is 0 Å². The summed E-state index contributed by atoms with van der Waals surface area (Å²) in [4.78, 5) is 15.1. The molecule has 4 N–H and O–H groups in total. The Kier molecular flexibility index (Phi) is 7.61. The number of hydrogen-bond donors (Lipinski definition) is 3. The van der Waals surface area contributed by atoms with Crippen molar-refractivity contribution in [1.29, 1.82) is 0 Å². The molecule has 0 spiro atoms.